The van der Waals surface area contributed by atoms with E-state index in [1.54, 1.807) is 48.5 Å². The smallest absolute Gasteiger partial charge is 0.304 e. The molecule has 0 spiro atoms. The molecule has 5 rings (SSSR count). The molecule has 0 bridgehead atoms. The Labute approximate surface area is 203 Å². The SMILES string of the molecule is O=C(COc1ccccc1)Nn1c(Nc2ccc(Cl)cc2)nc2c(nnn2-c2ccccc2)c1=O. The van der Waals surface area contributed by atoms with Crippen LogP contribution in [0.2, 0.25) is 5.02 Å². The molecule has 0 aliphatic heterocycles. The second-order valence-corrected chi connectivity index (χ2v) is 7.79. The predicted molar refractivity (Wildman–Crippen MR) is 132 cm³/mol. The largest absolute Gasteiger partial charge is 0.484 e. The van der Waals surface area contributed by atoms with Crippen LogP contribution in [0.1, 0.15) is 0 Å². The van der Waals surface area contributed by atoms with E-state index in [4.69, 9.17) is 16.3 Å². The standard InChI is InChI=1S/C24H18ClN7O3/c25-16-11-13-17(14-12-16)26-24-27-22-21(28-30-31(22)18-7-3-1-4-8-18)23(34)32(24)29-20(33)15-35-19-9-5-2-6-10-19/h1-14H,15H2,(H,26,27)(H,29,33). The Morgan fingerprint density at radius 3 is 2.34 bits per heavy atom. The molecule has 11 heteroatoms. The molecule has 35 heavy (non-hydrogen) atoms. The fourth-order valence-corrected chi connectivity index (χ4v) is 3.41. The van der Waals surface area contributed by atoms with Gasteiger partial charge >= 0.3 is 5.56 Å². The minimum Gasteiger partial charge on any atom is -0.484 e. The maximum Gasteiger partial charge on any atom is 0.304 e. The number of aromatic nitrogens is 5. The summed E-state index contributed by atoms with van der Waals surface area (Å²) in [4.78, 5) is 30.5. The number of para-hydroxylation sites is 2. The van der Waals surface area contributed by atoms with Crippen molar-refractivity contribution in [2.45, 2.75) is 0 Å². The lowest BCUT2D eigenvalue weighted by Gasteiger charge is -2.15. The monoisotopic (exact) mass is 487 g/mol. The van der Waals surface area contributed by atoms with E-state index < -0.39 is 11.5 Å². The van der Waals surface area contributed by atoms with Gasteiger partial charge in [0.2, 0.25) is 5.95 Å². The van der Waals surface area contributed by atoms with Gasteiger partial charge in [-0.15, -0.1) is 5.10 Å². The number of carbonyl (C=O) groups excluding carboxylic acids is 1. The van der Waals surface area contributed by atoms with Crippen molar-refractivity contribution < 1.29 is 9.53 Å². The van der Waals surface area contributed by atoms with Crippen LogP contribution in [-0.4, -0.2) is 37.2 Å². The minimum absolute atomic E-state index is 0.0141. The first-order valence-electron chi connectivity index (χ1n) is 10.5. The second-order valence-electron chi connectivity index (χ2n) is 7.35. The number of anilines is 2. The van der Waals surface area contributed by atoms with Gasteiger partial charge in [-0.3, -0.25) is 15.0 Å². The quantitative estimate of drug-likeness (QED) is 0.361. The van der Waals surface area contributed by atoms with E-state index in [1.807, 2.05) is 36.4 Å². The van der Waals surface area contributed by atoms with E-state index in [9.17, 15) is 9.59 Å². The molecule has 2 N–H and O–H groups in total. The number of halogens is 1. The highest BCUT2D eigenvalue weighted by atomic mass is 35.5. The third-order valence-corrected chi connectivity index (χ3v) is 5.18. The number of fused-ring (bicyclic) bond motifs is 1. The third-order valence-electron chi connectivity index (χ3n) is 4.93. The molecule has 0 aliphatic rings. The van der Waals surface area contributed by atoms with Crippen LogP contribution in [0.15, 0.2) is 89.7 Å². The fraction of sp³-hybridized carbons (Fsp3) is 0.0417. The molecule has 0 aliphatic carbocycles. The maximum atomic E-state index is 13.3. The van der Waals surface area contributed by atoms with Crippen molar-refractivity contribution in [3.8, 4) is 11.4 Å². The lowest BCUT2D eigenvalue weighted by atomic mass is 10.3. The molecule has 0 unspecified atom stereocenters. The number of carbonyl (C=O) groups is 1. The molecule has 1 amide bonds. The number of amides is 1. The first kappa shape index (κ1) is 22.1. The van der Waals surface area contributed by atoms with Crippen molar-refractivity contribution in [3.05, 3.63) is 100 Å². The summed E-state index contributed by atoms with van der Waals surface area (Å²) >= 11 is 5.99. The summed E-state index contributed by atoms with van der Waals surface area (Å²) in [6.07, 6.45) is 0. The average molecular weight is 488 g/mol. The predicted octanol–water partition coefficient (Wildman–Crippen LogP) is 3.52. The molecule has 0 radical (unpaired) electrons. The number of benzene rings is 3. The minimum atomic E-state index is -0.610. The summed E-state index contributed by atoms with van der Waals surface area (Å²) < 4.78 is 7.92. The van der Waals surface area contributed by atoms with Gasteiger partial charge in [0.15, 0.2) is 17.8 Å². The highest BCUT2D eigenvalue weighted by Gasteiger charge is 2.19. The Kier molecular flexibility index (Phi) is 6.10. The van der Waals surface area contributed by atoms with Crippen LogP contribution in [0.25, 0.3) is 16.9 Å². The van der Waals surface area contributed by atoms with E-state index in [0.29, 0.717) is 22.1 Å². The Hall–Kier alpha value is -4.70. The summed E-state index contributed by atoms with van der Waals surface area (Å²) in [5.74, 6) is 0.0120. The molecule has 10 nitrogen and oxygen atoms in total. The van der Waals surface area contributed by atoms with Gasteiger partial charge in [0.05, 0.1) is 5.69 Å². The number of nitrogens with zero attached hydrogens (tertiary/aromatic N) is 5. The van der Waals surface area contributed by atoms with E-state index in [2.05, 4.69) is 26.0 Å². The van der Waals surface area contributed by atoms with Gasteiger partial charge in [-0.25, -0.2) is 0 Å². The Morgan fingerprint density at radius 2 is 1.63 bits per heavy atom. The second kappa shape index (κ2) is 9.65. The molecule has 3 aromatic carbocycles. The van der Waals surface area contributed by atoms with Gasteiger partial charge in [-0.2, -0.15) is 14.3 Å². The summed E-state index contributed by atoms with van der Waals surface area (Å²) in [5, 5.41) is 11.7. The molecule has 2 aromatic heterocycles. The Balaban J connectivity index is 1.53. The van der Waals surface area contributed by atoms with Crippen molar-refractivity contribution in [1.29, 1.82) is 0 Å². The van der Waals surface area contributed by atoms with Gasteiger partial charge in [0.1, 0.15) is 5.75 Å². The normalized spacial score (nSPS) is 10.8. The van der Waals surface area contributed by atoms with Crippen LogP contribution in [-0.2, 0) is 4.79 Å². The summed E-state index contributed by atoms with van der Waals surface area (Å²) in [6.45, 7) is -0.314. The number of hydrogen-bond acceptors (Lipinski definition) is 7. The van der Waals surface area contributed by atoms with Crippen LogP contribution in [0.3, 0.4) is 0 Å². The van der Waals surface area contributed by atoms with Crippen LogP contribution in [0, 0.1) is 0 Å². The summed E-state index contributed by atoms with van der Waals surface area (Å²) in [7, 11) is 0. The van der Waals surface area contributed by atoms with Gasteiger partial charge in [0.25, 0.3) is 5.91 Å². The number of rotatable bonds is 7. The molecule has 2 heterocycles. The number of ether oxygens (including phenoxy) is 1. The van der Waals surface area contributed by atoms with E-state index in [-0.39, 0.29) is 23.7 Å². The van der Waals surface area contributed by atoms with Crippen molar-refractivity contribution in [2.75, 3.05) is 17.3 Å². The summed E-state index contributed by atoms with van der Waals surface area (Å²) in [6, 6.07) is 24.9. The molecule has 0 saturated heterocycles. The van der Waals surface area contributed by atoms with Crippen molar-refractivity contribution in [2.24, 2.45) is 0 Å². The summed E-state index contributed by atoms with van der Waals surface area (Å²) in [5.41, 5.74) is 3.41. The van der Waals surface area contributed by atoms with Gasteiger partial charge in [-0.1, -0.05) is 53.2 Å². The zero-order chi connectivity index (χ0) is 24.2. The zero-order valence-electron chi connectivity index (χ0n) is 18.1. The number of hydrogen-bond donors (Lipinski definition) is 2. The average Bonchev–Trinajstić information content (AvgIpc) is 3.32. The van der Waals surface area contributed by atoms with E-state index >= 15 is 0 Å². The van der Waals surface area contributed by atoms with Gasteiger partial charge < -0.3 is 10.1 Å². The van der Waals surface area contributed by atoms with Crippen LogP contribution in [0.5, 0.6) is 5.75 Å². The van der Waals surface area contributed by atoms with Gasteiger partial charge in [0, 0.05) is 10.7 Å². The lowest BCUT2D eigenvalue weighted by Crippen LogP contribution is -2.37. The van der Waals surface area contributed by atoms with Crippen LogP contribution < -0.4 is 21.0 Å². The molecule has 0 saturated carbocycles. The molecule has 0 atom stereocenters. The van der Waals surface area contributed by atoms with Crippen molar-refractivity contribution in [3.63, 3.8) is 0 Å². The van der Waals surface area contributed by atoms with Crippen LogP contribution in [0.4, 0.5) is 11.6 Å². The topological polar surface area (TPSA) is 116 Å². The fourth-order valence-electron chi connectivity index (χ4n) is 3.28. The van der Waals surface area contributed by atoms with E-state index in [1.165, 1.54) is 4.68 Å². The van der Waals surface area contributed by atoms with E-state index in [0.717, 1.165) is 4.68 Å². The van der Waals surface area contributed by atoms with Gasteiger partial charge in [-0.05, 0) is 48.5 Å². The van der Waals surface area contributed by atoms with Crippen molar-refractivity contribution >= 4 is 40.3 Å². The molecular weight excluding hydrogens is 470 g/mol. The first-order chi connectivity index (χ1) is 17.1. The lowest BCUT2D eigenvalue weighted by molar-refractivity contribution is -0.119. The zero-order valence-corrected chi connectivity index (χ0v) is 18.9. The third kappa shape index (κ3) is 4.82. The molecule has 0 fully saturated rings. The molecule has 5 aromatic rings. The van der Waals surface area contributed by atoms with Crippen LogP contribution >= 0.6 is 11.6 Å². The molecule has 174 valence electrons. The first-order valence-corrected chi connectivity index (χ1v) is 10.9. The Morgan fingerprint density at radius 1 is 0.943 bits per heavy atom. The highest BCUT2D eigenvalue weighted by Crippen LogP contribution is 2.19. The number of nitrogens with one attached hydrogen (secondary N) is 2. The maximum absolute atomic E-state index is 13.3. The highest BCUT2D eigenvalue weighted by molar-refractivity contribution is 6.30. The molecular formula is C24H18ClN7O3. The Bertz CT molecular complexity index is 1540. The van der Waals surface area contributed by atoms with Crippen molar-refractivity contribution in [1.82, 2.24) is 24.7 Å².